The molecule has 8 rings (SSSR count). The molecule has 8 aromatic rings. The van der Waals surface area contributed by atoms with E-state index >= 15 is 0 Å². The summed E-state index contributed by atoms with van der Waals surface area (Å²) in [5.74, 6) is 0.676. The number of aryl methyl sites for hydroxylation is 2. The normalized spacial score (nSPS) is 13.6. The van der Waals surface area contributed by atoms with Gasteiger partial charge in [-0.3, -0.25) is 9.55 Å². The number of imidazole rings is 1. The van der Waals surface area contributed by atoms with Crippen molar-refractivity contribution in [1.29, 1.82) is 0 Å². The number of hydrogen-bond donors (Lipinski definition) is 1. The summed E-state index contributed by atoms with van der Waals surface area (Å²) in [5.41, 5.74) is 11.7. The SMILES string of the molecule is [2H]C([2H])([2H])c1ccc(-c2ccnc(-c3[c-]c(-c4cccc5c4nc(-c4cc(C(C)C)cc(C(C)C)c4O)n5-c4ccc(-c5ccccc5)cc4C([2H])([2H])[2H])cc(C(C)(C)C)c3)c2)cc1.[Pt]. The fourth-order valence-electron chi connectivity index (χ4n) is 7.61. The maximum atomic E-state index is 12.2. The van der Waals surface area contributed by atoms with Gasteiger partial charge in [-0.25, -0.2) is 4.98 Å². The summed E-state index contributed by atoms with van der Waals surface area (Å²) in [4.78, 5) is 10.2. The largest absolute Gasteiger partial charge is 0.507 e. The number of rotatable bonds is 8. The number of hydrogen-bond acceptors (Lipinski definition) is 3. The summed E-state index contributed by atoms with van der Waals surface area (Å²) < 4.78 is 51.9. The number of pyridine rings is 1. The third kappa shape index (κ3) is 8.21. The van der Waals surface area contributed by atoms with Crippen LogP contribution >= 0.6 is 0 Å². The molecule has 0 aliphatic heterocycles. The van der Waals surface area contributed by atoms with Crippen LogP contribution in [0.3, 0.4) is 0 Å². The average Bonchev–Trinajstić information content (AvgIpc) is 3.65. The number of aromatic nitrogens is 3. The van der Waals surface area contributed by atoms with Crippen molar-refractivity contribution in [3.63, 3.8) is 0 Å². The van der Waals surface area contributed by atoms with Crippen LogP contribution in [0.2, 0.25) is 0 Å². The number of fused-ring (bicyclic) bond motifs is 1. The van der Waals surface area contributed by atoms with Crippen LogP contribution in [0.5, 0.6) is 5.75 Å². The van der Waals surface area contributed by atoms with Crippen molar-refractivity contribution >= 4 is 11.0 Å². The topological polar surface area (TPSA) is 50.9 Å². The first-order valence-corrected chi connectivity index (χ1v) is 19.9. The quantitative estimate of drug-likeness (QED) is 0.154. The van der Waals surface area contributed by atoms with E-state index < -0.39 is 13.7 Å². The Kier molecular flexibility index (Phi) is 9.65. The number of phenols is 1. The van der Waals surface area contributed by atoms with Gasteiger partial charge in [0.1, 0.15) is 11.6 Å². The number of aromatic hydroxyl groups is 1. The molecule has 0 aliphatic carbocycles. The van der Waals surface area contributed by atoms with Crippen LogP contribution in [0.15, 0.2) is 134 Å². The summed E-state index contributed by atoms with van der Waals surface area (Å²) >= 11 is 0. The molecule has 59 heavy (non-hydrogen) atoms. The third-order valence-electron chi connectivity index (χ3n) is 11.0. The van der Waals surface area contributed by atoms with Gasteiger partial charge in [-0.1, -0.05) is 150 Å². The van der Waals surface area contributed by atoms with Crippen molar-refractivity contribution in [2.75, 3.05) is 0 Å². The molecule has 1 N–H and O–H groups in total. The molecule has 0 fully saturated rings. The van der Waals surface area contributed by atoms with E-state index in [-0.39, 0.29) is 55.2 Å². The molecular weight excluding hydrogens is 902 g/mol. The minimum absolute atomic E-state index is 0. The van der Waals surface area contributed by atoms with Crippen molar-refractivity contribution in [2.45, 2.75) is 79.4 Å². The first-order chi connectivity index (χ1) is 30.2. The van der Waals surface area contributed by atoms with E-state index in [2.05, 4.69) is 72.7 Å². The Morgan fingerprint density at radius 3 is 2.08 bits per heavy atom. The molecule has 0 amide bonds. The van der Waals surface area contributed by atoms with Gasteiger partial charge in [0.25, 0.3) is 0 Å². The van der Waals surface area contributed by atoms with E-state index in [1.54, 1.807) is 24.4 Å². The molecule has 0 spiro atoms. The molecule has 0 bridgehead atoms. The summed E-state index contributed by atoms with van der Waals surface area (Å²) in [6.45, 7) is 10.1. The molecule has 0 atom stereocenters. The molecule has 0 radical (unpaired) electrons. The molecule has 0 unspecified atom stereocenters. The van der Waals surface area contributed by atoms with E-state index in [0.717, 1.165) is 55.6 Å². The Labute approximate surface area is 372 Å². The molecule has 5 heteroatoms. The predicted octanol–water partition coefficient (Wildman–Crippen LogP) is 14.4. The van der Waals surface area contributed by atoms with E-state index in [4.69, 9.17) is 18.2 Å². The van der Waals surface area contributed by atoms with E-state index in [1.165, 1.54) is 0 Å². The zero-order chi connectivity index (χ0) is 45.9. The molecular formula is C54H52N3OPt-. The molecule has 0 saturated carbocycles. The molecule has 0 saturated heterocycles. The zero-order valence-electron chi connectivity index (χ0n) is 40.5. The minimum atomic E-state index is -2.50. The summed E-state index contributed by atoms with van der Waals surface area (Å²) in [6, 6.07) is 44.0. The van der Waals surface area contributed by atoms with Gasteiger partial charge in [0, 0.05) is 41.2 Å². The number of benzene rings is 6. The Morgan fingerprint density at radius 2 is 1.39 bits per heavy atom. The Bertz CT molecular complexity index is 3020. The standard InChI is InChI=1S/C54H52N3O.Pt/c1-33(2)41-30-46(34(3)4)52(58)47(31-41)53-56-51-45(16-13-17-50(51)57(53)49-23-22-39(26-36(49)6)37-14-11-10-12-15-37)42-27-43(29-44(28-42)54(7,8)9)48-32-40(24-25-55-48)38-20-18-35(5)19-21-38;/h10-26,28-34,58H,1-9H3;/q-1;/i5D3,6D3;. The zero-order valence-corrected chi connectivity index (χ0v) is 36.7. The van der Waals surface area contributed by atoms with Crippen LogP contribution in [-0.2, 0) is 26.5 Å². The van der Waals surface area contributed by atoms with Crippen molar-refractivity contribution < 1.29 is 34.4 Å². The van der Waals surface area contributed by atoms with Crippen LogP contribution in [0.1, 0.15) is 96.3 Å². The fraction of sp³-hybridized carbons (Fsp3) is 0.222. The molecule has 0 aliphatic rings. The predicted molar refractivity (Wildman–Crippen MR) is 243 cm³/mol. The smallest absolute Gasteiger partial charge is 0.148 e. The van der Waals surface area contributed by atoms with Crippen LogP contribution in [0, 0.1) is 19.8 Å². The van der Waals surface area contributed by atoms with Gasteiger partial charge in [-0.05, 0) is 100 Å². The van der Waals surface area contributed by atoms with Crippen LogP contribution in [0.4, 0.5) is 0 Å². The Morgan fingerprint density at radius 1 is 0.678 bits per heavy atom. The number of para-hydroxylation sites is 1. The maximum Gasteiger partial charge on any atom is 0.148 e. The Hall–Kier alpha value is -5.57. The average molecular weight is 960 g/mol. The van der Waals surface area contributed by atoms with Gasteiger partial charge in [0.15, 0.2) is 0 Å². The van der Waals surface area contributed by atoms with Crippen molar-refractivity contribution in [2.24, 2.45) is 0 Å². The van der Waals surface area contributed by atoms with Crippen LogP contribution in [0.25, 0.3) is 72.7 Å². The Balaban J connectivity index is 0.00000630. The monoisotopic (exact) mass is 959 g/mol. The van der Waals surface area contributed by atoms with Gasteiger partial charge >= 0.3 is 0 Å². The molecule has 4 nitrogen and oxygen atoms in total. The van der Waals surface area contributed by atoms with Gasteiger partial charge in [0.2, 0.25) is 0 Å². The van der Waals surface area contributed by atoms with Crippen LogP contribution in [-0.4, -0.2) is 19.6 Å². The van der Waals surface area contributed by atoms with Gasteiger partial charge < -0.3 is 5.11 Å². The summed E-state index contributed by atoms with van der Waals surface area (Å²) in [5, 5.41) is 12.2. The van der Waals surface area contributed by atoms with Crippen molar-refractivity contribution in [1.82, 2.24) is 14.5 Å². The minimum Gasteiger partial charge on any atom is -0.507 e. The maximum absolute atomic E-state index is 12.2. The first-order valence-electron chi connectivity index (χ1n) is 22.9. The van der Waals surface area contributed by atoms with Gasteiger partial charge in [-0.2, -0.15) is 0 Å². The fourth-order valence-corrected chi connectivity index (χ4v) is 7.61. The van der Waals surface area contributed by atoms with E-state index in [0.29, 0.717) is 33.8 Å². The second-order valence-corrected chi connectivity index (χ2v) is 16.8. The molecule has 2 aromatic heterocycles. The summed E-state index contributed by atoms with van der Waals surface area (Å²) in [7, 11) is 0. The number of phenolic OH excluding ortho intramolecular Hbond substituents is 1. The third-order valence-corrected chi connectivity index (χ3v) is 11.0. The molecule has 300 valence electrons. The second-order valence-electron chi connectivity index (χ2n) is 16.8. The van der Waals surface area contributed by atoms with Gasteiger partial charge in [-0.15, -0.1) is 29.3 Å². The molecule has 6 aromatic carbocycles. The van der Waals surface area contributed by atoms with E-state index in [1.807, 2.05) is 95.6 Å². The van der Waals surface area contributed by atoms with Crippen molar-refractivity contribution in [3.8, 4) is 67.5 Å². The van der Waals surface area contributed by atoms with Crippen molar-refractivity contribution in [3.05, 3.63) is 167 Å². The van der Waals surface area contributed by atoms with Crippen LogP contribution < -0.4 is 0 Å². The molecule has 2 heterocycles. The van der Waals surface area contributed by atoms with Gasteiger partial charge in [0.05, 0.1) is 22.3 Å². The van der Waals surface area contributed by atoms with E-state index in [9.17, 15) is 5.11 Å². The number of nitrogens with zero attached hydrogens (tertiary/aromatic N) is 3. The second kappa shape index (κ2) is 16.6. The first kappa shape index (κ1) is 34.3. The summed E-state index contributed by atoms with van der Waals surface area (Å²) in [6.07, 6.45) is 1.75.